The predicted molar refractivity (Wildman–Crippen MR) is 57.4 cm³/mol. The summed E-state index contributed by atoms with van der Waals surface area (Å²) in [5.74, 6) is -0.207. The highest BCUT2D eigenvalue weighted by molar-refractivity contribution is 5.77. The number of carbonyl (C=O) groups excluding carboxylic acids is 2. The monoisotopic (exact) mass is 216 g/mol. The molecule has 0 aromatic rings. The lowest BCUT2D eigenvalue weighted by Crippen LogP contribution is -2.36. The molecule has 0 radical (unpaired) electrons. The Morgan fingerprint density at radius 2 is 2.07 bits per heavy atom. The predicted octanol–water partition coefficient (Wildman–Crippen LogP) is 0.00750. The first kappa shape index (κ1) is 13.9. The van der Waals surface area contributed by atoms with Crippen molar-refractivity contribution in [2.45, 2.75) is 19.8 Å². The van der Waals surface area contributed by atoms with Crippen molar-refractivity contribution in [1.29, 1.82) is 0 Å². The van der Waals surface area contributed by atoms with Gasteiger partial charge in [-0.2, -0.15) is 0 Å². The molecule has 0 fully saturated rings. The standard InChI is InChI=1S/C10H20N2O3/c1-4-12(8-9(13)11-2)7-5-6-10(14)15-3/h4-8H2,1-3H3,(H,11,13). The molecule has 0 saturated carbocycles. The molecule has 0 rings (SSSR count). The molecule has 15 heavy (non-hydrogen) atoms. The van der Waals surface area contributed by atoms with Crippen LogP contribution in [0, 0.1) is 0 Å². The van der Waals surface area contributed by atoms with E-state index in [9.17, 15) is 9.59 Å². The normalized spacial score (nSPS) is 10.1. The van der Waals surface area contributed by atoms with Crippen LogP contribution in [-0.2, 0) is 14.3 Å². The molecule has 0 aromatic heterocycles. The Hall–Kier alpha value is -1.10. The molecule has 0 unspecified atom stereocenters. The van der Waals surface area contributed by atoms with Gasteiger partial charge in [0, 0.05) is 13.5 Å². The minimum absolute atomic E-state index is 0.00471. The van der Waals surface area contributed by atoms with E-state index in [-0.39, 0.29) is 11.9 Å². The fourth-order valence-electron chi connectivity index (χ4n) is 1.18. The smallest absolute Gasteiger partial charge is 0.305 e. The molecule has 0 aliphatic carbocycles. The van der Waals surface area contributed by atoms with Crippen LogP contribution >= 0.6 is 0 Å². The SMILES string of the molecule is CCN(CCCC(=O)OC)CC(=O)NC. The van der Waals surface area contributed by atoms with E-state index in [1.807, 2.05) is 11.8 Å². The molecule has 0 aromatic carbocycles. The van der Waals surface area contributed by atoms with Crippen molar-refractivity contribution >= 4 is 11.9 Å². The first-order valence-electron chi connectivity index (χ1n) is 5.13. The van der Waals surface area contributed by atoms with Crippen LogP contribution in [0.4, 0.5) is 0 Å². The van der Waals surface area contributed by atoms with Crippen LogP contribution in [0.5, 0.6) is 0 Å². The van der Waals surface area contributed by atoms with E-state index in [2.05, 4.69) is 10.1 Å². The van der Waals surface area contributed by atoms with Gasteiger partial charge in [0.1, 0.15) is 0 Å². The van der Waals surface area contributed by atoms with Crippen LogP contribution in [0.15, 0.2) is 0 Å². The Morgan fingerprint density at radius 3 is 2.53 bits per heavy atom. The highest BCUT2D eigenvalue weighted by Gasteiger charge is 2.08. The fourth-order valence-corrected chi connectivity index (χ4v) is 1.18. The van der Waals surface area contributed by atoms with Crippen LogP contribution in [0.2, 0.25) is 0 Å². The number of likely N-dealkylation sites (N-methyl/N-ethyl adjacent to an activating group) is 2. The molecule has 5 heteroatoms. The maximum absolute atomic E-state index is 11.1. The first-order valence-corrected chi connectivity index (χ1v) is 5.13. The van der Waals surface area contributed by atoms with Crippen molar-refractivity contribution in [3.8, 4) is 0 Å². The summed E-state index contributed by atoms with van der Waals surface area (Å²) in [5, 5.41) is 2.57. The van der Waals surface area contributed by atoms with E-state index in [0.717, 1.165) is 19.5 Å². The zero-order valence-electron chi connectivity index (χ0n) is 9.71. The van der Waals surface area contributed by atoms with Gasteiger partial charge < -0.3 is 10.1 Å². The average Bonchev–Trinajstić information content (AvgIpc) is 2.26. The third-order valence-electron chi connectivity index (χ3n) is 2.18. The molecule has 1 N–H and O–H groups in total. The van der Waals surface area contributed by atoms with E-state index in [1.165, 1.54) is 7.11 Å². The first-order chi connectivity index (χ1) is 7.13. The molecule has 0 aliphatic heterocycles. The second-order valence-electron chi connectivity index (χ2n) is 3.22. The largest absolute Gasteiger partial charge is 0.469 e. The van der Waals surface area contributed by atoms with Crippen molar-refractivity contribution in [2.75, 3.05) is 33.8 Å². The molecular formula is C10H20N2O3. The van der Waals surface area contributed by atoms with Gasteiger partial charge >= 0.3 is 5.97 Å². The quantitative estimate of drug-likeness (QED) is 0.609. The highest BCUT2D eigenvalue weighted by atomic mass is 16.5. The Balaban J connectivity index is 3.70. The van der Waals surface area contributed by atoms with Crippen LogP contribution in [0.25, 0.3) is 0 Å². The third-order valence-corrected chi connectivity index (χ3v) is 2.18. The van der Waals surface area contributed by atoms with Gasteiger partial charge in [-0.05, 0) is 19.5 Å². The zero-order valence-corrected chi connectivity index (χ0v) is 9.71. The maximum Gasteiger partial charge on any atom is 0.305 e. The van der Waals surface area contributed by atoms with Crippen LogP contribution < -0.4 is 5.32 Å². The molecule has 1 amide bonds. The van der Waals surface area contributed by atoms with Gasteiger partial charge in [0.2, 0.25) is 5.91 Å². The number of ether oxygens (including phenoxy) is 1. The Bertz CT molecular complexity index is 207. The van der Waals surface area contributed by atoms with Crippen LogP contribution in [-0.4, -0.2) is 50.6 Å². The topological polar surface area (TPSA) is 58.6 Å². The number of nitrogens with one attached hydrogen (secondary N) is 1. The van der Waals surface area contributed by atoms with Gasteiger partial charge in [-0.3, -0.25) is 14.5 Å². The third kappa shape index (κ3) is 6.90. The summed E-state index contributed by atoms with van der Waals surface area (Å²) >= 11 is 0. The second kappa shape index (κ2) is 8.23. The minimum Gasteiger partial charge on any atom is -0.469 e. The molecule has 0 bridgehead atoms. The molecule has 0 aliphatic rings. The van der Waals surface area contributed by atoms with Crippen LogP contribution in [0.3, 0.4) is 0 Å². The Labute approximate surface area is 90.8 Å². The molecule has 0 spiro atoms. The van der Waals surface area contributed by atoms with Gasteiger partial charge in [0.05, 0.1) is 13.7 Å². The second-order valence-corrected chi connectivity index (χ2v) is 3.22. The number of hydrogen-bond acceptors (Lipinski definition) is 4. The van der Waals surface area contributed by atoms with Crippen molar-refractivity contribution in [3.05, 3.63) is 0 Å². The van der Waals surface area contributed by atoms with Crippen molar-refractivity contribution < 1.29 is 14.3 Å². The lowest BCUT2D eigenvalue weighted by atomic mass is 10.3. The number of rotatable bonds is 7. The molecule has 0 heterocycles. The number of nitrogens with zero attached hydrogens (tertiary/aromatic N) is 1. The van der Waals surface area contributed by atoms with E-state index in [1.54, 1.807) is 7.05 Å². The summed E-state index contributed by atoms with van der Waals surface area (Å²) < 4.78 is 4.53. The summed E-state index contributed by atoms with van der Waals surface area (Å²) in [6.07, 6.45) is 1.12. The average molecular weight is 216 g/mol. The van der Waals surface area contributed by atoms with Gasteiger partial charge in [0.25, 0.3) is 0 Å². The summed E-state index contributed by atoms with van der Waals surface area (Å²) in [5.41, 5.74) is 0. The zero-order chi connectivity index (χ0) is 11.7. The molecule has 88 valence electrons. The number of hydrogen-bond donors (Lipinski definition) is 1. The maximum atomic E-state index is 11.1. The van der Waals surface area contributed by atoms with E-state index in [4.69, 9.17) is 0 Å². The van der Waals surface area contributed by atoms with Crippen LogP contribution in [0.1, 0.15) is 19.8 Å². The lowest BCUT2D eigenvalue weighted by molar-refractivity contribution is -0.140. The summed E-state index contributed by atoms with van der Waals surface area (Å²) in [6.45, 7) is 3.91. The highest BCUT2D eigenvalue weighted by Crippen LogP contribution is 1.96. The molecular weight excluding hydrogens is 196 g/mol. The molecule has 0 atom stereocenters. The number of amides is 1. The number of carbonyl (C=O) groups is 2. The van der Waals surface area contributed by atoms with Crippen molar-refractivity contribution in [2.24, 2.45) is 0 Å². The van der Waals surface area contributed by atoms with E-state index < -0.39 is 0 Å². The van der Waals surface area contributed by atoms with Gasteiger partial charge in [-0.25, -0.2) is 0 Å². The minimum atomic E-state index is -0.203. The van der Waals surface area contributed by atoms with Gasteiger partial charge in [0.15, 0.2) is 0 Å². The Kier molecular flexibility index (Phi) is 7.62. The van der Waals surface area contributed by atoms with E-state index >= 15 is 0 Å². The summed E-state index contributed by atoms with van der Waals surface area (Å²) in [4.78, 5) is 23.9. The summed E-state index contributed by atoms with van der Waals surface area (Å²) in [7, 11) is 3.00. The Morgan fingerprint density at radius 1 is 1.40 bits per heavy atom. The molecule has 0 saturated heterocycles. The summed E-state index contributed by atoms with van der Waals surface area (Å²) in [6, 6.07) is 0. The van der Waals surface area contributed by atoms with Crippen molar-refractivity contribution in [3.63, 3.8) is 0 Å². The van der Waals surface area contributed by atoms with Gasteiger partial charge in [-0.15, -0.1) is 0 Å². The fraction of sp³-hybridized carbons (Fsp3) is 0.800. The van der Waals surface area contributed by atoms with Crippen molar-refractivity contribution in [1.82, 2.24) is 10.2 Å². The number of methoxy groups -OCH3 is 1. The lowest BCUT2D eigenvalue weighted by Gasteiger charge is -2.18. The van der Waals surface area contributed by atoms with Gasteiger partial charge in [-0.1, -0.05) is 6.92 Å². The number of esters is 1. The molecule has 5 nitrogen and oxygen atoms in total. The van der Waals surface area contributed by atoms with E-state index in [0.29, 0.717) is 13.0 Å².